The van der Waals surface area contributed by atoms with E-state index in [0.717, 1.165) is 37.4 Å². The summed E-state index contributed by atoms with van der Waals surface area (Å²) in [6.07, 6.45) is 3.88. The maximum atomic E-state index is 6.23. The summed E-state index contributed by atoms with van der Waals surface area (Å²) in [5.74, 6) is 1.71. The van der Waals surface area contributed by atoms with Crippen LogP contribution in [-0.4, -0.2) is 46.1 Å². The Morgan fingerprint density at radius 1 is 1.14 bits per heavy atom. The van der Waals surface area contributed by atoms with E-state index < -0.39 is 0 Å². The quantitative estimate of drug-likeness (QED) is 0.681. The van der Waals surface area contributed by atoms with Gasteiger partial charge in [-0.15, -0.1) is 0 Å². The fourth-order valence-electron chi connectivity index (χ4n) is 4.17. The topological polar surface area (TPSA) is 50.3 Å². The summed E-state index contributed by atoms with van der Waals surface area (Å²) in [5, 5.41) is 3.64. The molecule has 0 amide bonds. The Kier molecular flexibility index (Phi) is 6.55. The zero-order chi connectivity index (χ0) is 20.1. The molecule has 1 aliphatic rings. The number of ether oxygens (including phenoxy) is 1. The number of fused-ring (bicyclic) bond motifs is 1. The van der Waals surface area contributed by atoms with E-state index in [1.54, 1.807) is 6.33 Å². The molecule has 2 atom stereocenters. The Morgan fingerprint density at radius 3 is 2.54 bits per heavy atom. The smallest absolute Gasteiger partial charge is 0.223 e. The fourth-order valence-corrected chi connectivity index (χ4v) is 4.17. The second-order valence-electron chi connectivity index (χ2n) is 8.20. The van der Waals surface area contributed by atoms with Crippen LogP contribution in [-0.2, 0) is 0 Å². The van der Waals surface area contributed by atoms with Gasteiger partial charge in [0.05, 0.1) is 11.5 Å². The number of rotatable bonds is 9. The summed E-state index contributed by atoms with van der Waals surface area (Å²) >= 11 is 0. The molecule has 28 heavy (non-hydrogen) atoms. The van der Waals surface area contributed by atoms with Gasteiger partial charge in [0, 0.05) is 6.04 Å². The highest BCUT2D eigenvalue weighted by atomic mass is 16.5. The molecule has 1 aliphatic heterocycles. The lowest BCUT2D eigenvalue weighted by molar-refractivity contribution is 0.117. The molecule has 0 radical (unpaired) electrons. The van der Waals surface area contributed by atoms with Gasteiger partial charge in [0.15, 0.2) is 0 Å². The first-order valence-corrected chi connectivity index (χ1v) is 10.5. The Hall–Kier alpha value is -2.14. The van der Waals surface area contributed by atoms with Crippen molar-refractivity contribution in [2.24, 2.45) is 0 Å². The van der Waals surface area contributed by atoms with Crippen LogP contribution < -0.4 is 10.1 Å². The average Bonchev–Trinajstić information content (AvgIpc) is 2.96. The minimum absolute atomic E-state index is 0.107. The maximum absolute atomic E-state index is 6.23. The number of hydrogen-bond donors (Lipinski definition) is 1. The lowest BCUT2D eigenvalue weighted by Gasteiger charge is -2.27. The third kappa shape index (κ3) is 4.46. The molecule has 0 bridgehead atoms. The molecule has 1 N–H and O–H groups in total. The number of aromatic nitrogens is 2. The van der Waals surface area contributed by atoms with Crippen molar-refractivity contribution in [1.29, 1.82) is 0 Å². The largest absolute Gasteiger partial charge is 0.470 e. The number of benzene rings is 1. The summed E-state index contributed by atoms with van der Waals surface area (Å²) in [5.41, 5.74) is 1.95. The van der Waals surface area contributed by atoms with Crippen LogP contribution in [0, 0.1) is 0 Å². The molecule has 152 valence electrons. The Balaban J connectivity index is 1.77. The fraction of sp³-hybridized carbons (Fsp3) is 0.565. The normalized spacial score (nSPS) is 18.6. The van der Waals surface area contributed by atoms with Crippen molar-refractivity contribution in [1.82, 2.24) is 14.9 Å². The summed E-state index contributed by atoms with van der Waals surface area (Å²) in [4.78, 5) is 11.5. The molecule has 1 aromatic carbocycles. The lowest BCUT2D eigenvalue weighted by Crippen LogP contribution is -2.31. The Labute approximate surface area is 169 Å². The molecule has 2 heterocycles. The highest BCUT2D eigenvalue weighted by Gasteiger charge is 2.45. The van der Waals surface area contributed by atoms with Crippen LogP contribution >= 0.6 is 0 Å². The van der Waals surface area contributed by atoms with E-state index in [1.807, 2.05) is 6.07 Å². The number of nitrogens with zero attached hydrogens (tertiary/aromatic N) is 3. The molecule has 0 fully saturated rings. The van der Waals surface area contributed by atoms with Crippen molar-refractivity contribution in [2.75, 3.05) is 25.0 Å². The first-order chi connectivity index (χ1) is 13.5. The average molecular weight is 383 g/mol. The van der Waals surface area contributed by atoms with Gasteiger partial charge in [-0.2, -0.15) is 0 Å². The molecule has 5 heteroatoms. The van der Waals surface area contributed by atoms with Crippen molar-refractivity contribution in [3.63, 3.8) is 0 Å². The van der Waals surface area contributed by atoms with Crippen molar-refractivity contribution in [3.8, 4) is 5.88 Å². The zero-order valence-corrected chi connectivity index (χ0v) is 17.9. The van der Waals surface area contributed by atoms with E-state index in [2.05, 4.69) is 79.1 Å². The molecular weight excluding hydrogens is 348 g/mol. The first kappa shape index (κ1) is 20.6. The highest BCUT2D eigenvalue weighted by molar-refractivity contribution is 5.58. The second-order valence-corrected chi connectivity index (χ2v) is 8.20. The van der Waals surface area contributed by atoms with Crippen LogP contribution in [0.15, 0.2) is 36.7 Å². The molecule has 0 spiro atoms. The van der Waals surface area contributed by atoms with Crippen molar-refractivity contribution < 1.29 is 4.74 Å². The zero-order valence-electron chi connectivity index (χ0n) is 17.9. The Bertz CT molecular complexity index is 758. The molecule has 0 saturated heterocycles. The minimum Gasteiger partial charge on any atom is -0.470 e. The second kappa shape index (κ2) is 8.91. The van der Waals surface area contributed by atoms with Gasteiger partial charge in [-0.25, -0.2) is 9.97 Å². The van der Waals surface area contributed by atoms with Gasteiger partial charge in [-0.3, -0.25) is 0 Å². The van der Waals surface area contributed by atoms with Crippen LogP contribution in [0.5, 0.6) is 5.88 Å². The number of hydrogen-bond acceptors (Lipinski definition) is 5. The van der Waals surface area contributed by atoms with Gasteiger partial charge >= 0.3 is 0 Å². The van der Waals surface area contributed by atoms with Crippen LogP contribution in [0.25, 0.3) is 0 Å². The van der Waals surface area contributed by atoms with E-state index in [-0.39, 0.29) is 11.5 Å². The van der Waals surface area contributed by atoms with Gasteiger partial charge in [-0.1, -0.05) is 44.2 Å². The number of nitrogens with one attached hydrogen (secondary N) is 1. The van der Waals surface area contributed by atoms with Crippen LogP contribution in [0.4, 0.5) is 5.82 Å². The highest BCUT2D eigenvalue weighted by Crippen LogP contribution is 2.49. The summed E-state index contributed by atoms with van der Waals surface area (Å²) in [7, 11) is 0. The van der Waals surface area contributed by atoms with Gasteiger partial charge in [-0.05, 0) is 58.8 Å². The summed E-state index contributed by atoms with van der Waals surface area (Å²) in [6.45, 7) is 14.3. The standard InChI is InChI=1S/C23H34N4O/c1-6-27(7-2)15-11-12-17(3)26-21-19-20(18-13-9-8-10-14-18)23(4,5)28-22(19)25-16-24-21/h8-10,13-14,16-17,20H,6-7,11-12,15H2,1-5H3,(H,24,25,26)/t17-,20-/m0/s1. The number of anilines is 1. The van der Waals surface area contributed by atoms with E-state index in [9.17, 15) is 0 Å². The van der Waals surface area contributed by atoms with E-state index in [0.29, 0.717) is 11.9 Å². The molecule has 0 saturated carbocycles. The molecule has 0 aliphatic carbocycles. The van der Waals surface area contributed by atoms with E-state index >= 15 is 0 Å². The molecule has 0 unspecified atom stereocenters. The lowest BCUT2D eigenvalue weighted by atomic mass is 9.81. The van der Waals surface area contributed by atoms with E-state index in [4.69, 9.17) is 4.74 Å². The minimum atomic E-state index is -0.359. The van der Waals surface area contributed by atoms with Gasteiger partial charge in [0.25, 0.3) is 0 Å². The van der Waals surface area contributed by atoms with Crippen molar-refractivity contribution >= 4 is 5.82 Å². The molecule has 3 rings (SSSR count). The van der Waals surface area contributed by atoms with Gasteiger partial charge in [0.2, 0.25) is 5.88 Å². The van der Waals surface area contributed by atoms with Gasteiger partial charge < -0.3 is 15.0 Å². The van der Waals surface area contributed by atoms with Crippen LogP contribution in [0.1, 0.15) is 64.5 Å². The predicted octanol–water partition coefficient (Wildman–Crippen LogP) is 4.70. The molecule has 1 aromatic heterocycles. The third-order valence-corrected chi connectivity index (χ3v) is 5.71. The third-order valence-electron chi connectivity index (χ3n) is 5.71. The molecule has 5 nitrogen and oxygen atoms in total. The van der Waals surface area contributed by atoms with Crippen LogP contribution in [0.2, 0.25) is 0 Å². The van der Waals surface area contributed by atoms with Crippen molar-refractivity contribution in [2.45, 2.75) is 65.0 Å². The van der Waals surface area contributed by atoms with Gasteiger partial charge in [0.1, 0.15) is 17.7 Å². The molecular formula is C23H34N4O. The summed E-state index contributed by atoms with van der Waals surface area (Å²) < 4.78 is 6.23. The maximum Gasteiger partial charge on any atom is 0.223 e. The van der Waals surface area contributed by atoms with Crippen LogP contribution in [0.3, 0.4) is 0 Å². The Morgan fingerprint density at radius 2 is 1.86 bits per heavy atom. The predicted molar refractivity (Wildman–Crippen MR) is 115 cm³/mol. The summed E-state index contributed by atoms with van der Waals surface area (Å²) in [6, 6.07) is 10.9. The molecule has 2 aromatic rings. The first-order valence-electron chi connectivity index (χ1n) is 10.5. The van der Waals surface area contributed by atoms with Crippen molar-refractivity contribution in [3.05, 3.63) is 47.8 Å². The SMILES string of the molecule is CCN(CC)CCC[C@H](C)Nc1ncnc2c1[C@H](c1ccccc1)C(C)(C)O2. The van der Waals surface area contributed by atoms with E-state index in [1.165, 1.54) is 12.0 Å². The monoisotopic (exact) mass is 382 g/mol.